The summed E-state index contributed by atoms with van der Waals surface area (Å²) in [5, 5.41) is 5.69. The maximum absolute atomic E-state index is 13.3. The molecular formula is C14H9ClF2N2O. The van der Waals surface area contributed by atoms with E-state index in [0.29, 0.717) is 16.9 Å². The number of anilines is 2. The lowest BCUT2D eigenvalue weighted by molar-refractivity contribution is -0.116. The van der Waals surface area contributed by atoms with Crippen LogP contribution >= 0.6 is 11.6 Å². The van der Waals surface area contributed by atoms with Gasteiger partial charge in [0.1, 0.15) is 17.7 Å². The molecule has 0 saturated heterocycles. The molecule has 3 rings (SSSR count). The molecule has 3 nitrogen and oxygen atoms in total. The first-order valence-electron chi connectivity index (χ1n) is 5.86. The maximum Gasteiger partial charge on any atom is 0.251 e. The minimum atomic E-state index is -0.760. The number of halogens is 3. The summed E-state index contributed by atoms with van der Waals surface area (Å²) >= 11 is 5.91. The van der Waals surface area contributed by atoms with Gasteiger partial charge in [-0.3, -0.25) is 4.79 Å². The van der Waals surface area contributed by atoms with E-state index in [2.05, 4.69) is 10.6 Å². The van der Waals surface area contributed by atoms with Gasteiger partial charge in [0.15, 0.2) is 0 Å². The summed E-state index contributed by atoms with van der Waals surface area (Å²) < 4.78 is 26.3. The second kappa shape index (κ2) is 4.76. The summed E-state index contributed by atoms with van der Waals surface area (Å²) in [6, 6.07) is 7.09. The average Bonchev–Trinajstić information content (AvgIpc) is 2.69. The van der Waals surface area contributed by atoms with Gasteiger partial charge in [-0.25, -0.2) is 8.78 Å². The minimum absolute atomic E-state index is 0.155. The van der Waals surface area contributed by atoms with E-state index in [1.807, 2.05) is 0 Å². The van der Waals surface area contributed by atoms with E-state index in [4.69, 9.17) is 11.6 Å². The van der Waals surface area contributed by atoms with Crippen LogP contribution < -0.4 is 10.6 Å². The Hall–Kier alpha value is -2.14. The molecule has 0 bridgehead atoms. The van der Waals surface area contributed by atoms with Crippen molar-refractivity contribution < 1.29 is 13.6 Å². The summed E-state index contributed by atoms with van der Waals surface area (Å²) in [6.07, 6.45) is 0. The first-order chi connectivity index (χ1) is 9.54. The van der Waals surface area contributed by atoms with E-state index in [1.54, 1.807) is 0 Å². The molecule has 1 heterocycles. The zero-order chi connectivity index (χ0) is 14.3. The van der Waals surface area contributed by atoms with Gasteiger partial charge < -0.3 is 10.6 Å². The topological polar surface area (TPSA) is 41.1 Å². The van der Waals surface area contributed by atoms with Gasteiger partial charge in [-0.05, 0) is 36.4 Å². The van der Waals surface area contributed by atoms with Gasteiger partial charge in [-0.2, -0.15) is 0 Å². The number of rotatable bonds is 2. The van der Waals surface area contributed by atoms with Gasteiger partial charge in [0.25, 0.3) is 5.91 Å². The largest absolute Gasteiger partial charge is 0.369 e. The Morgan fingerprint density at radius 3 is 2.55 bits per heavy atom. The van der Waals surface area contributed by atoms with Gasteiger partial charge >= 0.3 is 0 Å². The zero-order valence-corrected chi connectivity index (χ0v) is 10.8. The monoisotopic (exact) mass is 294 g/mol. The van der Waals surface area contributed by atoms with Gasteiger partial charge in [-0.15, -0.1) is 0 Å². The van der Waals surface area contributed by atoms with Crippen LogP contribution in [-0.2, 0) is 4.79 Å². The molecule has 2 aromatic carbocycles. The first-order valence-corrected chi connectivity index (χ1v) is 6.24. The van der Waals surface area contributed by atoms with E-state index in [1.165, 1.54) is 30.3 Å². The second-order valence-electron chi connectivity index (χ2n) is 4.42. The number of hydrogen-bond acceptors (Lipinski definition) is 2. The molecule has 0 fully saturated rings. The van der Waals surface area contributed by atoms with Crippen LogP contribution in [0.3, 0.4) is 0 Å². The van der Waals surface area contributed by atoms with Crippen LogP contribution in [0.2, 0.25) is 5.02 Å². The molecule has 1 aliphatic rings. The van der Waals surface area contributed by atoms with Crippen LogP contribution in [0.5, 0.6) is 0 Å². The zero-order valence-electron chi connectivity index (χ0n) is 10.1. The van der Waals surface area contributed by atoms with Crippen molar-refractivity contribution in [2.75, 3.05) is 10.6 Å². The van der Waals surface area contributed by atoms with Crippen molar-refractivity contribution >= 4 is 28.9 Å². The predicted molar refractivity (Wildman–Crippen MR) is 72.8 cm³/mol. The lowest BCUT2D eigenvalue weighted by atomic mass is 10.1. The third-order valence-electron chi connectivity index (χ3n) is 3.08. The van der Waals surface area contributed by atoms with Gasteiger partial charge in [-0.1, -0.05) is 11.6 Å². The third-order valence-corrected chi connectivity index (χ3v) is 3.39. The molecule has 0 aliphatic carbocycles. The Morgan fingerprint density at radius 2 is 1.80 bits per heavy atom. The smallest absolute Gasteiger partial charge is 0.251 e. The molecule has 0 radical (unpaired) electrons. The van der Waals surface area contributed by atoms with Crippen LogP contribution in [0.1, 0.15) is 11.6 Å². The molecule has 6 heteroatoms. The van der Waals surface area contributed by atoms with Gasteiger partial charge in [0.05, 0.1) is 10.7 Å². The quantitative estimate of drug-likeness (QED) is 0.886. The predicted octanol–water partition coefficient (Wildman–Crippen LogP) is 3.72. The third kappa shape index (κ3) is 2.20. The second-order valence-corrected chi connectivity index (χ2v) is 4.83. The Kier molecular flexibility index (Phi) is 3.06. The SMILES string of the molecule is O=C1Nc2ccc(F)cc2C1Nc1ccc(F)cc1Cl. The molecule has 0 saturated carbocycles. The Labute approximate surface area is 118 Å². The molecule has 0 spiro atoms. The fourth-order valence-corrected chi connectivity index (χ4v) is 2.36. The molecule has 1 unspecified atom stereocenters. The standard InChI is InChI=1S/C14H9ClF2N2O/c15-10-6-8(17)2-4-12(10)18-13-9-5-7(16)1-3-11(9)19-14(13)20/h1-6,13,18H,(H,19,20). The molecule has 2 aromatic rings. The number of benzene rings is 2. The van der Waals surface area contributed by atoms with Crippen molar-refractivity contribution in [1.82, 2.24) is 0 Å². The van der Waals surface area contributed by atoms with Crippen LogP contribution in [0.25, 0.3) is 0 Å². The lowest BCUT2D eigenvalue weighted by Crippen LogP contribution is -2.19. The highest BCUT2D eigenvalue weighted by Crippen LogP contribution is 2.35. The number of carbonyl (C=O) groups is 1. The average molecular weight is 295 g/mol. The van der Waals surface area contributed by atoms with Gasteiger partial charge in [0.2, 0.25) is 0 Å². The van der Waals surface area contributed by atoms with E-state index in [-0.39, 0.29) is 10.9 Å². The fraction of sp³-hybridized carbons (Fsp3) is 0.0714. The molecule has 1 aliphatic heterocycles. The summed E-state index contributed by atoms with van der Waals surface area (Å²) in [4.78, 5) is 11.9. The Balaban J connectivity index is 1.95. The number of carbonyl (C=O) groups excluding carboxylic acids is 1. The van der Waals surface area contributed by atoms with Crippen molar-refractivity contribution in [3.8, 4) is 0 Å². The number of hydrogen-bond donors (Lipinski definition) is 2. The van der Waals surface area contributed by atoms with E-state index < -0.39 is 17.7 Å². The molecule has 1 amide bonds. The van der Waals surface area contributed by atoms with Crippen molar-refractivity contribution in [2.45, 2.75) is 6.04 Å². The van der Waals surface area contributed by atoms with Crippen molar-refractivity contribution in [3.05, 3.63) is 58.6 Å². The summed E-state index contributed by atoms with van der Waals surface area (Å²) in [5.74, 6) is -1.22. The van der Waals surface area contributed by atoms with Crippen molar-refractivity contribution in [3.63, 3.8) is 0 Å². The molecule has 1 atom stereocenters. The van der Waals surface area contributed by atoms with Crippen molar-refractivity contribution in [2.24, 2.45) is 0 Å². The molecule has 102 valence electrons. The molecule has 0 aromatic heterocycles. The van der Waals surface area contributed by atoms with Crippen LogP contribution in [0.4, 0.5) is 20.2 Å². The summed E-state index contributed by atoms with van der Waals surface area (Å²) in [5.41, 5.74) is 1.45. The lowest BCUT2D eigenvalue weighted by Gasteiger charge is -2.14. The van der Waals surface area contributed by atoms with Gasteiger partial charge in [0, 0.05) is 11.3 Å². The highest BCUT2D eigenvalue weighted by atomic mass is 35.5. The summed E-state index contributed by atoms with van der Waals surface area (Å²) in [7, 11) is 0. The normalized spacial score (nSPS) is 16.8. The molecular weight excluding hydrogens is 286 g/mol. The summed E-state index contributed by atoms with van der Waals surface area (Å²) in [6.45, 7) is 0. The molecule has 2 N–H and O–H groups in total. The first kappa shape index (κ1) is 12.9. The highest BCUT2D eigenvalue weighted by Gasteiger charge is 2.31. The minimum Gasteiger partial charge on any atom is -0.369 e. The van der Waals surface area contributed by atoms with Crippen LogP contribution in [0.15, 0.2) is 36.4 Å². The Bertz CT molecular complexity index is 706. The number of fused-ring (bicyclic) bond motifs is 1. The van der Waals surface area contributed by atoms with E-state index in [0.717, 1.165) is 6.07 Å². The number of amides is 1. The van der Waals surface area contributed by atoms with E-state index >= 15 is 0 Å². The highest BCUT2D eigenvalue weighted by molar-refractivity contribution is 6.33. The fourth-order valence-electron chi connectivity index (χ4n) is 2.14. The maximum atomic E-state index is 13.3. The van der Waals surface area contributed by atoms with Crippen molar-refractivity contribution in [1.29, 1.82) is 0 Å². The molecule has 20 heavy (non-hydrogen) atoms. The van der Waals surface area contributed by atoms with Crippen LogP contribution in [0, 0.1) is 11.6 Å². The van der Waals surface area contributed by atoms with E-state index in [9.17, 15) is 13.6 Å². The number of nitrogens with one attached hydrogen (secondary N) is 2. The Morgan fingerprint density at radius 1 is 1.10 bits per heavy atom. The van der Waals surface area contributed by atoms with Crippen LogP contribution in [-0.4, -0.2) is 5.91 Å².